The summed E-state index contributed by atoms with van der Waals surface area (Å²) in [5.74, 6) is -0.240. The molecule has 0 aliphatic rings. The molecule has 0 saturated heterocycles. The predicted molar refractivity (Wildman–Crippen MR) is 81.1 cm³/mol. The van der Waals surface area contributed by atoms with Crippen LogP contribution in [-0.4, -0.2) is 10.9 Å². The van der Waals surface area contributed by atoms with Gasteiger partial charge in [0.15, 0.2) is 0 Å². The van der Waals surface area contributed by atoms with E-state index < -0.39 is 0 Å². The Morgan fingerprint density at radius 1 is 1.32 bits per heavy atom. The van der Waals surface area contributed by atoms with Crippen LogP contribution < -0.4 is 5.32 Å². The zero-order chi connectivity index (χ0) is 14.0. The Hall–Kier alpha value is -1.10. The number of aromatic nitrogens is 1. The predicted octanol–water partition coefficient (Wildman–Crippen LogP) is 4.71. The van der Waals surface area contributed by atoms with Gasteiger partial charge in [0.25, 0.3) is 5.91 Å². The molecule has 0 spiro atoms. The number of aryl methyl sites for hydroxylation is 1. The molecule has 1 heterocycles. The highest BCUT2D eigenvalue weighted by molar-refractivity contribution is 9.10. The molecule has 0 saturated carbocycles. The number of rotatable bonds is 2. The molecule has 2 rings (SSSR count). The minimum absolute atomic E-state index is 0.240. The van der Waals surface area contributed by atoms with Crippen LogP contribution in [-0.2, 0) is 0 Å². The molecule has 0 bridgehead atoms. The Bertz CT molecular complexity index is 647. The van der Waals surface area contributed by atoms with Gasteiger partial charge < -0.3 is 5.32 Å². The van der Waals surface area contributed by atoms with Crippen LogP contribution in [0.5, 0.6) is 0 Å². The van der Waals surface area contributed by atoms with Crippen LogP contribution in [0.15, 0.2) is 34.9 Å². The topological polar surface area (TPSA) is 42.0 Å². The zero-order valence-corrected chi connectivity index (χ0v) is 13.0. The normalized spacial score (nSPS) is 10.3. The Morgan fingerprint density at radius 2 is 2.05 bits per heavy atom. The Morgan fingerprint density at radius 3 is 2.68 bits per heavy atom. The second kappa shape index (κ2) is 5.90. The molecule has 98 valence electrons. The number of hydrogen-bond donors (Lipinski definition) is 1. The fraction of sp³-hybridized carbons (Fsp3) is 0.0769. The summed E-state index contributed by atoms with van der Waals surface area (Å²) in [5.41, 5.74) is 1.97. The largest absolute Gasteiger partial charge is 0.320 e. The first-order valence-electron chi connectivity index (χ1n) is 5.36. The average molecular weight is 360 g/mol. The standard InChI is InChI=1S/C13H9BrCl2N2O/c1-7-4-12(16)17-6-11(7)18-13(19)9-3-2-8(15)5-10(9)14/h2-6H,1H3,(H,18,19). The van der Waals surface area contributed by atoms with Crippen molar-refractivity contribution in [2.45, 2.75) is 6.92 Å². The minimum atomic E-state index is -0.240. The van der Waals surface area contributed by atoms with Crippen molar-refractivity contribution in [1.29, 1.82) is 0 Å². The van der Waals surface area contributed by atoms with Gasteiger partial charge in [-0.05, 0) is 52.7 Å². The molecule has 1 aromatic heterocycles. The van der Waals surface area contributed by atoms with Gasteiger partial charge in [-0.1, -0.05) is 23.2 Å². The van der Waals surface area contributed by atoms with Crippen LogP contribution in [0.4, 0.5) is 5.69 Å². The maximum atomic E-state index is 12.1. The number of benzene rings is 1. The fourth-order valence-electron chi connectivity index (χ4n) is 1.52. The molecule has 19 heavy (non-hydrogen) atoms. The minimum Gasteiger partial charge on any atom is -0.320 e. The molecule has 6 heteroatoms. The van der Waals surface area contributed by atoms with Gasteiger partial charge in [-0.25, -0.2) is 4.98 Å². The molecule has 0 aliphatic heterocycles. The molecule has 1 aromatic carbocycles. The van der Waals surface area contributed by atoms with E-state index in [1.54, 1.807) is 24.3 Å². The van der Waals surface area contributed by atoms with E-state index in [0.29, 0.717) is 25.9 Å². The number of nitrogens with one attached hydrogen (secondary N) is 1. The molecular formula is C13H9BrCl2N2O. The van der Waals surface area contributed by atoms with Gasteiger partial charge in [0, 0.05) is 9.50 Å². The number of halogens is 3. The maximum Gasteiger partial charge on any atom is 0.256 e. The number of pyridine rings is 1. The van der Waals surface area contributed by atoms with Crippen LogP contribution in [0.1, 0.15) is 15.9 Å². The van der Waals surface area contributed by atoms with Crippen molar-refractivity contribution < 1.29 is 4.79 Å². The van der Waals surface area contributed by atoms with Gasteiger partial charge in [-0.2, -0.15) is 0 Å². The van der Waals surface area contributed by atoms with E-state index in [1.165, 1.54) is 6.20 Å². The van der Waals surface area contributed by atoms with Gasteiger partial charge in [0.1, 0.15) is 5.15 Å². The van der Waals surface area contributed by atoms with Crippen molar-refractivity contribution in [3.8, 4) is 0 Å². The van der Waals surface area contributed by atoms with Crippen molar-refractivity contribution in [3.05, 3.63) is 56.2 Å². The third-order valence-electron chi connectivity index (χ3n) is 2.50. The number of carbonyl (C=O) groups excluding carboxylic acids is 1. The number of carbonyl (C=O) groups is 1. The molecule has 1 N–H and O–H groups in total. The first-order chi connectivity index (χ1) is 8.97. The monoisotopic (exact) mass is 358 g/mol. The van der Waals surface area contributed by atoms with E-state index >= 15 is 0 Å². The lowest BCUT2D eigenvalue weighted by Gasteiger charge is -2.09. The van der Waals surface area contributed by atoms with Crippen molar-refractivity contribution >= 4 is 50.7 Å². The zero-order valence-electron chi connectivity index (χ0n) is 9.88. The van der Waals surface area contributed by atoms with E-state index in [9.17, 15) is 4.79 Å². The van der Waals surface area contributed by atoms with Crippen molar-refractivity contribution in [3.63, 3.8) is 0 Å². The summed E-state index contributed by atoms with van der Waals surface area (Å²) in [6, 6.07) is 6.67. The molecule has 2 aromatic rings. The summed E-state index contributed by atoms with van der Waals surface area (Å²) in [4.78, 5) is 16.1. The maximum absolute atomic E-state index is 12.1. The number of hydrogen-bond acceptors (Lipinski definition) is 2. The van der Waals surface area contributed by atoms with Crippen molar-refractivity contribution in [2.24, 2.45) is 0 Å². The highest BCUT2D eigenvalue weighted by atomic mass is 79.9. The lowest BCUT2D eigenvalue weighted by atomic mass is 10.2. The summed E-state index contributed by atoms with van der Waals surface area (Å²) in [6.07, 6.45) is 1.53. The molecule has 0 radical (unpaired) electrons. The van der Waals surface area contributed by atoms with Crippen molar-refractivity contribution in [1.82, 2.24) is 4.98 Å². The first-order valence-corrected chi connectivity index (χ1v) is 6.91. The SMILES string of the molecule is Cc1cc(Cl)ncc1NC(=O)c1ccc(Cl)cc1Br. The number of nitrogens with zero attached hydrogens (tertiary/aromatic N) is 1. The second-order valence-corrected chi connectivity index (χ2v) is 5.58. The molecule has 3 nitrogen and oxygen atoms in total. The van der Waals surface area contributed by atoms with E-state index in [4.69, 9.17) is 23.2 Å². The summed E-state index contributed by atoms with van der Waals surface area (Å²) in [6.45, 7) is 1.85. The number of anilines is 1. The Balaban J connectivity index is 2.25. The second-order valence-electron chi connectivity index (χ2n) is 3.90. The summed E-state index contributed by atoms with van der Waals surface area (Å²) < 4.78 is 0.636. The van der Waals surface area contributed by atoms with Crippen molar-refractivity contribution in [2.75, 3.05) is 5.32 Å². The van der Waals surface area contributed by atoms with Gasteiger partial charge in [0.05, 0.1) is 17.4 Å². The molecule has 0 fully saturated rings. The van der Waals surface area contributed by atoms with E-state index in [1.807, 2.05) is 6.92 Å². The van der Waals surface area contributed by atoms with Gasteiger partial charge >= 0.3 is 0 Å². The van der Waals surface area contributed by atoms with Crippen LogP contribution in [0.2, 0.25) is 10.2 Å². The molecule has 0 aliphatic carbocycles. The average Bonchev–Trinajstić information content (AvgIpc) is 2.32. The highest BCUT2D eigenvalue weighted by Gasteiger charge is 2.12. The van der Waals surface area contributed by atoms with E-state index in [-0.39, 0.29) is 5.91 Å². The van der Waals surface area contributed by atoms with Gasteiger partial charge in [-0.15, -0.1) is 0 Å². The highest BCUT2D eigenvalue weighted by Crippen LogP contribution is 2.23. The molecule has 0 atom stereocenters. The van der Waals surface area contributed by atoms with E-state index in [0.717, 1.165) is 5.56 Å². The van der Waals surface area contributed by atoms with Crippen LogP contribution in [0.25, 0.3) is 0 Å². The summed E-state index contributed by atoms with van der Waals surface area (Å²) in [7, 11) is 0. The van der Waals surface area contributed by atoms with Gasteiger partial charge in [0.2, 0.25) is 0 Å². The summed E-state index contributed by atoms with van der Waals surface area (Å²) >= 11 is 14.9. The van der Waals surface area contributed by atoms with Crippen LogP contribution >= 0.6 is 39.1 Å². The lowest BCUT2D eigenvalue weighted by molar-refractivity contribution is 0.102. The molecule has 0 unspecified atom stereocenters. The Labute approximate surface area is 129 Å². The van der Waals surface area contributed by atoms with Crippen LogP contribution in [0.3, 0.4) is 0 Å². The Kier molecular flexibility index (Phi) is 4.45. The first kappa shape index (κ1) is 14.3. The smallest absolute Gasteiger partial charge is 0.256 e. The third kappa shape index (κ3) is 3.47. The van der Waals surface area contributed by atoms with E-state index in [2.05, 4.69) is 26.2 Å². The molecule has 1 amide bonds. The fourth-order valence-corrected chi connectivity index (χ4v) is 2.59. The molecular weight excluding hydrogens is 351 g/mol. The quantitative estimate of drug-likeness (QED) is 0.789. The number of amides is 1. The van der Waals surface area contributed by atoms with Gasteiger partial charge in [-0.3, -0.25) is 4.79 Å². The summed E-state index contributed by atoms with van der Waals surface area (Å²) in [5, 5.41) is 3.74. The lowest BCUT2D eigenvalue weighted by Crippen LogP contribution is -2.13. The van der Waals surface area contributed by atoms with Crippen LogP contribution in [0, 0.1) is 6.92 Å². The third-order valence-corrected chi connectivity index (χ3v) is 3.60.